The average Bonchev–Trinajstić information content (AvgIpc) is 2.73. The topological polar surface area (TPSA) is 105 Å². The molecule has 8 nitrogen and oxygen atoms in total. The lowest BCUT2D eigenvalue weighted by molar-refractivity contribution is -0.118. The number of hydrogen-bond donors (Lipinski definition) is 2. The van der Waals surface area contributed by atoms with E-state index < -0.39 is 10.0 Å². The zero-order valence-corrected chi connectivity index (χ0v) is 17.6. The quantitative estimate of drug-likeness (QED) is 0.701. The van der Waals surface area contributed by atoms with Gasteiger partial charge in [-0.3, -0.25) is 9.59 Å². The molecule has 160 valence electrons. The van der Waals surface area contributed by atoms with Gasteiger partial charge in [-0.1, -0.05) is 12.5 Å². The van der Waals surface area contributed by atoms with Crippen molar-refractivity contribution in [1.29, 1.82) is 0 Å². The first-order chi connectivity index (χ1) is 14.3. The minimum Gasteiger partial charge on any atom is -0.484 e. The second-order valence-corrected chi connectivity index (χ2v) is 8.97. The molecule has 2 N–H and O–H groups in total. The minimum absolute atomic E-state index is 0.198. The van der Waals surface area contributed by atoms with Crippen LogP contribution in [0.1, 0.15) is 26.2 Å². The zero-order valence-electron chi connectivity index (χ0n) is 16.8. The number of amides is 2. The van der Waals surface area contributed by atoms with Crippen molar-refractivity contribution in [3.05, 3.63) is 48.5 Å². The van der Waals surface area contributed by atoms with Crippen molar-refractivity contribution in [2.45, 2.75) is 31.1 Å². The number of hydrogen-bond acceptors (Lipinski definition) is 5. The highest BCUT2D eigenvalue weighted by Gasteiger charge is 2.25. The molecule has 1 fully saturated rings. The molecule has 0 aromatic heterocycles. The maximum atomic E-state index is 12.7. The van der Waals surface area contributed by atoms with Gasteiger partial charge in [0.25, 0.3) is 5.91 Å². The van der Waals surface area contributed by atoms with Crippen molar-refractivity contribution in [3.63, 3.8) is 0 Å². The Morgan fingerprint density at radius 1 is 0.967 bits per heavy atom. The van der Waals surface area contributed by atoms with E-state index in [1.807, 2.05) is 0 Å². The Balaban J connectivity index is 1.55. The largest absolute Gasteiger partial charge is 0.484 e. The summed E-state index contributed by atoms with van der Waals surface area (Å²) >= 11 is 0. The van der Waals surface area contributed by atoms with Gasteiger partial charge in [0.15, 0.2) is 6.61 Å². The number of nitrogens with zero attached hydrogens (tertiary/aromatic N) is 1. The standard InChI is InChI=1S/C21H25N3O5S/c1-16(25)22-18-6-5-7-19(14-18)29-15-21(26)23-17-8-10-20(11-9-17)30(27,28)24-12-3-2-4-13-24/h5-11,14H,2-4,12-13,15H2,1H3,(H,22,25)(H,23,26). The van der Waals surface area contributed by atoms with Crippen LogP contribution in [0.4, 0.5) is 11.4 Å². The molecular weight excluding hydrogens is 406 g/mol. The number of nitrogens with one attached hydrogen (secondary N) is 2. The summed E-state index contributed by atoms with van der Waals surface area (Å²) in [6.07, 6.45) is 2.80. The summed E-state index contributed by atoms with van der Waals surface area (Å²) in [5.41, 5.74) is 1.05. The lowest BCUT2D eigenvalue weighted by atomic mass is 10.2. The van der Waals surface area contributed by atoms with Gasteiger partial charge in [-0.05, 0) is 49.2 Å². The molecule has 2 aromatic rings. The molecule has 1 aliphatic heterocycles. The summed E-state index contributed by atoms with van der Waals surface area (Å²) in [7, 11) is -3.50. The van der Waals surface area contributed by atoms with Crippen LogP contribution in [0, 0.1) is 0 Å². The van der Waals surface area contributed by atoms with Crippen molar-refractivity contribution in [2.24, 2.45) is 0 Å². The molecule has 0 radical (unpaired) electrons. The fourth-order valence-electron chi connectivity index (χ4n) is 3.18. The lowest BCUT2D eigenvalue weighted by Crippen LogP contribution is -2.35. The molecule has 1 heterocycles. The number of ether oxygens (including phenoxy) is 1. The van der Waals surface area contributed by atoms with Crippen LogP contribution in [0.5, 0.6) is 5.75 Å². The Morgan fingerprint density at radius 2 is 1.67 bits per heavy atom. The third-order valence-electron chi connectivity index (χ3n) is 4.62. The summed E-state index contributed by atoms with van der Waals surface area (Å²) in [6.45, 7) is 2.27. The van der Waals surface area contributed by atoms with E-state index in [1.165, 1.54) is 23.4 Å². The van der Waals surface area contributed by atoms with Gasteiger partial charge in [0.1, 0.15) is 5.75 Å². The highest BCUT2D eigenvalue weighted by Crippen LogP contribution is 2.22. The first-order valence-corrected chi connectivity index (χ1v) is 11.2. The lowest BCUT2D eigenvalue weighted by Gasteiger charge is -2.25. The molecular formula is C21H25N3O5S. The summed E-state index contributed by atoms with van der Waals surface area (Å²) in [5, 5.41) is 5.32. The van der Waals surface area contributed by atoms with Gasteiger partial charge in [0.2, 0.25) is 15.9 Å². The third kappa shape index (κ3) is 5.80. The summed E-state index contributed by atoms with van der Waals surface area (Å²) in [6, 6.07) is 12.8. The van der Waals surface area contributed by atoms with E-state index in [0.717, 1.165) is 19.3 Å². The molecule has 0 saturated carbocycles. The highest BCUT2D eigenvalue weighted by molar-refractivity contribution is 7.89. The molecule has 2 aromatic carbocycles. The van der Waals surface area contributed by atoms with Crippen molar-refractivity contribution in [3.8, 4) is 5.75 Å². The molecule has 2 amide bonds. The number of benzene rings is 2. The molecule has 1 aliphatic rings. The molecule has 0 spiro atoms. The number of carbonyl (C=O) groups excluding carboxylic acids is 2. The van der Waals surface area contributed by atoms with Crippen LogP contribution in [0.3, 0.4) is 0 Å². The van der Waals surface area contributed by atoms with Crippen LogP contribution in [-0.4, -0.2) is 44.2 Å². The zero-order chi connectivity index (χ0) is 21.6. The van der Waals surface area contributed by atoms with Crippen LogP contribution in [-0.2, 0) is 19.6 Å². The van der Waals surface area contributed by atoms with E-state index in [9.17, 15) is 18.0 Å². The van der Waals surface area contributed by atoms with Gasteiger partial charge in [-0.15, -0.1) is 0 Å². The second-order valence-electron chi connectivity index (χ2n) is 7.03. The van der Waals surface area contributed by atoms with Gasteiger partial charge in [0.05, 0.1) is 4.90 Å². The van der Waals surface area contributed by atoms with Crippen LogP contribution in [0.2, 0.25) is 0 Å². The molecule has 0 atom stereocenters. The van der Waals surface area contributed by atoms with Gasteiger partial charge in [-0.25, -0.2) is 8.42 Å². The Bertz CT molecular complexity index is 1000. The number of rotatable bonds is 7. The number of anilines is 2. The first kappa shape index (κ1) is 21.8. The molecule has 9 heteroatoms. The van der Waals surface area contributed by atoms with E-state index in [-0.39, 0.29) is 23.3 Å². The van der Waals surface area contributed by atoms with E-state index in [1.54, 1.807) is 36.4 Å². The highest BCUT2D eigenvalue weighted by atomic mass is 32.2. The third-order valence-corrected chi connectivity index (χ3v) is 6.53. The van der Waals surface area contributed by atoms with Crippen LogP contribution < -0.4 is 15.4 Å². The fraction of sp³-hybridized carbons (Fsp3) is 0.333. The summed E-state index contributed by atoms with van der Waals surface area (Å²) in [5.74, 6) is -0.137. The Kier molecular flexibility index (Phi) is 7.07. The van der Waals surface area contributed by atoms with Crippen molar-refractivity contribution < 1.29 is 22.7 Å². The molecule has 30 heavy (non-hydrogen) atoms. The van der Waals surface area contributed by atoms with Crippen molar-refractivity contribution in [2.75, 3.05) is 30.3 Å². The van der Waals surface area contributed by atoms with Gasteiger partial charge in [0, 0.05) is 37.5 Å². The molecule has 0 aliphatic carbocycles. The maximum absolute atomic E-state index is 12.7. The number of sulfonamides is 1. The van der Waals surface area contributed by atoms with Crippen molar-refractivity contribution in [1.82, 2.24) is 4.31 Å². The molecule has 3 rings (SSSR count). The molecule has 1 saturated heterocycles. The van der Waals surface area contributed by atoms with Crippen LogP contribution >= 0.6 is 0 Å². The fourth-order valence-corrected chi connectivity index (χ4v) is 4.69. The predicted octanol–water partition coefficient (Wildman–Crippen LogP) is 2.84. The van der Waals surface area contributed by atoms with Crippen LogP contribution in [0.15, 0.2) is 53.4 Å². The normalized spacial score (nSPS) is 14.7. The van der Waals surface area contributed by atoms with Gasteiger partial charge in [-0.2, -0.15) is 4.31 Å². The van der Waals surface area contributed by atoms with Crippen molar-refractivity contribution >= 4 is 33.2 Å². The Labute approximate surface area is 176 Å². The van der Waals surface area contributed by atoms with E-state index >= 15 is 0 Å². The maximum Gasteiger partial charge on any atom is 0.262 e. The Hall–Kier alpha value is -2.91. The monoisotopic (exact) mass is 431 g/mol. The summed E-state index contributed by atoms with van der Waals surface area (Å²) < 4.78 is 32.3. The van der Waals surface area contributed by atoms with E-state index in [2.05, 4.69) is 10.6 Å². The second kappa shape index (κ2) is 9.73. The number of piperidine rings is 1. The van der Waals surface area contributed by atoms with Crippen LogP contribution in [0.25, 0.3) is 0 Å². The first-order valence-electron chi connectivity index (χ1n) is 9.75. The minimum atomic E-state index is -3.50. The SMILES string of the molecule is CC(=O)Nc1cccc(OCC(=O)Nc2ccc(S(=O)(=O)N3CCCCC3)cc2)c1. The van der Waals surface area contributed by atoms with Gasteiger partial charge >= 0.3 is 0 Å². The summed E-state index contributed by atoms with van der Waals surface area (Å²) in [4.78, 5) is 23.5. The Morgan fingerprint density at radius 3 is 2.33 bits per heavy atom. The predicted molar refractivity (Wildman–Crippen MR) is 114 cm³/mol. The smallest absolute Gasteiger partial charge is 0.262 e. The average molecular weight is 432 g/mol. The number of carbonyl (C=O) groups is 2. The molecule has 0 unspecified atom stereocenters. The molecule has 0 bridgehead atoms. The van der Waals surface area contributed by atoms with E-state index in [4.69, 9.17) is 4.74 Å². The van der Waals surface area contributed by atoms with E-state index in [0.29, 0.717) is 30.2 Å². The van der Waals surface area contributed by atoms with Gasteiger partial charge < -0.3 is 15.4 Å².